The number of amides is 1. The maximum atomic E-state index is 13.8. The van der Waals surface area contributed by atoms with Crippen molar-refractivity contribution in [2.45, 2.75) is 41.3 Å². The minimum atomic E-state index is -4.51. The topological polar surface area (TPSA) is 174 Å². The second-order valence-corrected chi connectivity index (χ2v) is 12.1. The van der Waals surface area contributed by atoms with Crippen LogP contribution in [0.25, 0.3) is 11.0 Å². The second kappa shape index (κ2) is 12.1. The minimum absolute atomic E-state index is 0.00372. The highest BCUT2D eigenvalue weighted by molar-refractivity contribution is 7.91. The van der Waals surface area contributed by atoms with Gasteiger partial charge in [-0.25, -0.2) is 13.4 Å². The van der Waals surface area contributed by atoms with Crippen LogP contribution in [0, 0.1) is 10.1 Å². The van der Waals surface area contributed by atoms with Crippen LogP contribution in [0.2, 0.25) is 0 Å². The lowest BCUT2D eigenvalue weighted by molar-refractivity contribution is -0.384. The molecule has 0 atom stereocenters. The number of alkyl halides is 3. The number of hydrogen-bond acceptors (Lipinski definition) is 9. The van der Waals surface area contributed by atoms with E-state index in [9.17, 15) is 36.5 Å². The zero-order valence-electron chi connectivity index (χ0n) is 23.0. The van der Waals surface area contributed by atoms with E-state index in [2.05, 4.69) is 15.3 Å². The van der Waals surface area contributed by atoms with Crippen LogP contribution in [0.15, 0.2) is 70.7 Å². The first kappa shape index (κ1) is 30.7. The van der Waals surface area contributed by atoms with Crippen LogP contribution in [0.5, 0.6) is 11.5 Å². The fourth-order valence-electron chi connectivity index (χ4n) is 4.79. The Balaban J connectivity index is 1.40. The fourth-order valence-corrected chi connectivity index (χ4v) is 6.21. The lowest BCUT2D eigenvalue weighted by Crippen LogP contribution is -2.37. The molecule has 1 amide bonds. The molecule has 2 aromatic carbocycles. The third-order valence-electron chi connectivity index (χ3n) is 6.99. The van der Waals surface area contributed by atoms with E-state index < -0.39 is 48.9 Å². The SMILES string of the molecule is NC(=O)c1cccc(S(=O)(=O)c2ccc(NCCCN(CC(F)(F)F)C3CC3)c([N+](=O)[O-])c2)c1Oc1cnc2[nH]ccc2c1. The number of nitrogens with zero attached hydrogens (tertiary/aromatic N) is 3. The molecule has 2 heterocycles. The van der Waals surface area contributed by atoms with E-state index in [1.165, 1.54) is 35.4 Å². The van der Waals surface area contributed by atoms with Crippen LogP contribution in [0.3, 0.4) is 0 Å². The van der Waals surface area contributed by atoms with Gasteiger partial charge in [0.1, 0.15) is 22.0 Å². The molecule has 12 nitrogen and oxygen atoms in total. The maximum Gasteiger partial charge on any atom is 0.401 e. The molecule has 1 fully saturated rings. The van der Waals surface area contributed by atoms with Gasteiger partial charge >= 0.3 is 6.18 Å². The minimum Gasteiger partial charge on any atom is -0.453 e. The first-order chi connectivity index (χ1) is 20.8. The van der Waals surface area contributed by atoms with Crippen LogP contribution in [0.1, 0.15) is 29.6 Å². The van der Waals surface area contributed by atoms with E-state index in [1.807, 2.05) is 0 Å². The van der Waals surface area contributed by atoms with Gasteiger partial charge in [-0.15, -0.1) is 0 Å². The smallest absolute Gasteiger partial charge is 0.401 e. The molecule has 1 aliphatic rings. The molecule has 0 radical (unpaired) electrons. The molecule has 4 N–H and O–H groups in total. The molecule has 4 aromatic rings. The number of rotatable bonds is 13. The largest absolute Gasteiger partial charge is 0.453 e. The number of H-pyrrole nitrogens is 1. The molecule has 2 aromatic heterocycles. The monoisotopic (exact) mass is 632 g/mol. The Labute approximate surface area is 249 Å². The average Bonchev–Trinajstić information content (AvgIpc) is 3.71. The van der Waals surface area contributed by atoms with Crippen molar-refractivity contribution in [3.05, 3.63) is 76.6 Å². The molecule has 5 rings (SSSR count). The van der Waals surface area contributed by atoms with Gasteiger partial charge in [0.15, 0.2) is 5.75 Å². The summed E-state index contributed by atoms with van der Waals surface area (Å²) in [5.41, 5.74) is 5.26. The van der Waals surface area contributed by atoms with E-state index in [0.717, 1.165) is 12.1 Å². The molecule has 0 bridgehead atoms. The highest BCUT2D eigenvalue weighted by Crippen LogP contribution is 2.38. The Bertz CT molecular complexity index is 1820. The standard InChI is InChI=1S/C28H27F3N6O6S/c29-28(30,31)16-36(18-5-6-18)12-2-10-33-22-8-7-20(14-23(22)37(39)40)44(41,42)24-4-1-3-21(26(32)38)25(24)43-19-13-17-9-11-34-27(17)35-15-19/h1,3-4,7-9,11,13-15,18,33H,2,5-6,10,12,16H2,(H2,32,38)(H,34,35). The Kier molecular flexibility index (Phi) is 8.47. The van der Waals surface area contributed by atoms with Gasteiger partial charge in [-0.2, -0.15) is 13.2 Å². The van der Waals surface area contributed by atoms with Crippen molar-refractivity contribution in [3.8, 4) is 11.5 Å². The number of ether oxygens (including phenoxy) is 1. The predicted molar refractivity (Wildman–Crippen MR) is 153 cm³/mol. The summed E-state index contributed by atoms with van der Waals surface area (Å²) < 4.78 is 72.1. The number of nitro benzene ring substituents is 1. The number of primary amides is 1. The number of aromatic nitrogens is 2. The zero-order chi connectivity index (χ0) is 31.6. The molecule has 1 aliphatic carbocycles. The van der Waals surface area contributed by atoms with Crippen molar-refractivity contribution < 1.29 is 36.0 Å². The lowest BCUT2D eigenvalue weighted by Gasteiger charge is -2.23. The van der Waals surface area contributed by atoms with E-state index in [-0.39, 0.29) is 48.3 Å². The summed E-state index contributed by atoms with van der Waals surface area (Å²) in [6.07, 6.45) is 0.304. The molecule has 0 spiro atoms. The van der Waals surface area contributed by atoms with Gasteiger partial charge in [0.05, 0.1) is 28.1 Å². The number of carbonyl (C=O) groups excluding carboxylic acids is 1. The molecule has 0 saturated heterocycles. The van der Waals surface area contributed by atoms with E-state index in [0.29, 0.717) is 23.9 Å². The van der Waals surface area contributed by atoms with E-state index in [1.54, 1.807) is 18.3 Å². The van der Waals surface area contributed by atoms with Crippen molar-refractivity contribution in [1.82, 2.24) is 14.9 Å². The average molecular weight is 633 g/mol. The van der Waals surface area contributed by atoms with Gasteiger partial charge in [0, 0.05) is 36.8 Å². The number of fused-ring (bicyclic) bond motifs is 1. The van der Waals surface area contributed by atoms with Crippen molar-refractivity contribution >= 4 is 38.2 Å². The number of carbonyl (C=O) groups is 1. The Morgan fingerprint density at radius 1 is 1.20 bits per heavy atom. The third kappa shape index (κ3) is 6.92. The summed E-state index contributed by atoms with van der Waals surface area (Å²) in [5.74, 6) is -1.22. The first-order valence-electron chi connectivity index (χ1n) is 13.5. The van der Waals surface area contributed by atoms with Gasteiger partial charge < -0.3 is 20.8 Å². The zero-order valence-corrected chi connectivity index (χ0v) is 23.8. The summed E-state index contributed by atoms with van der Waals surface area (Å²) in [4.78, 5) is 30.9. The maximum absolute atomic E-state index is 13.8. The summed E-state index contributed by atoms with van der Waals surface area (Å²) in [6.45, 7) is -0.764. The molecule has 0 aliphatic heterocycles. The number of nitro groups is 1. The number of nitrogens with two attached hydrogens (primary N) is 1. The Morgan fingerprint density at radius 3 is 2.66 bits per heavy atom. The van der Waals surface area contributed by atoms with Gasteiger partial charge in [-0.05, 0) is 55.7 Å². The van der Waals surface area contributed by atoms with Crippen molar-refractivity contribution in [1.29, 1.82) is 0 Å². The number of aromatic amines is 1. The fraction of sp³-hybridized carbons (Fsp3) is 0.286. The summed E-state index contributed by atoms with van der Waals surface area (Å²) in [5, 5.41) is 15.4. The molecule has 232 valence electrons. The summed E-state index contributed by atoms with van der Waals surface area (Å²) in [6, 6.07) is 10.2. The number of para-hydroxylation sites is 1. The van der Waals surface area contributed by atoms with Crippen molar-refractivity contribution in [3.63, 3.8) is 0 Å². The molecule has 44 heavy (non-hydrogen) atoms. The van der Waals surface area contributed by atoms with Crippen molar-refractivity contribution in [2.75, 3.05) is 25.0 Å². The van der Waals surface area contributed by atoms with E-state index >= 15 is 0 Å². The lowest BCUT2D eigenvalue weighted by atomic mass is 10.2. The second-order valence-electron chi connectivity index (χ2n) is 10.2. The van der Waals surface area contributed by atoms with Crippen LogP contribution in [0.4, 0.5) is 24.5 Å². The van der Waals surface area contributed by atoms with Gasteiger partial charge in [-0.3, -0.25) is 19.8 Å². The number of hydrogen-bond donors (Lipinski definition) is 3. The number of pyridine rings is 1. The third-order valence-corrected chi connectivity index (χ3v) is 8.76. The normalized spacial score (nSPS) is 13.7. The van der Waals surface area contributed by atoms with Crippen LogP contribution >= 0.6 is 0 Å². The molecule has 16 heteroatoms. The van der Waals surface area contributed by atoms with Gasteiger partial charge in [0.25, 0.3) is 11.6 Å². The predicted octanol–water partition coefficient (Wildman–Crippen LogP) is 5.02. The summed E-state index contributed by atoms with van der Waals surface area (Å²) >= 11 is 0. The highest BCUT2D eigenvalue weighted by atomic mass is 32.2. The Morgan fingerprint density at radius 2 is 1.98 bits per heavy atom. The number of anilines is 1. The van der Waals surface area contributed by atoms with Crippen LogP contribution < -0.4 is 15.8 Å². The van der Waals surface area contributed by atoms with Gasteiger partial charge in [0.2, 0.25) is 9.84 Å². The molecule has 1 saturated carbocycles. The first-order valence-corrected chi connectivity index (χ1v) is 14.9. The molecular formula is C28H27F3N6O6S. The van der Waals surface area contributed by atoms with Gasteiger partial charge in [-0.1, -0.05) is 6.07 Å². The Hall–Kier alpha value is -4.70. The number of nitrogens with one attached hydrogen (secondary N) is 2. The van der Waals surface area contributed by atoms with Crippen LogP contribution in [-0.4, -0.2) is 66.0 Å². The number of sulfone groups is 1. The van der Waals surface area contributed by atoms with Crippen LogP contribution in [-0.2, 0) is 9.84 Å². The molecular weight excluding hydrogens is 605 g/mol. The van der Waals surface area contributed by atoms with E-state index in [4.69, 9.17) is 10.5 Å². The number of benzene rings is 2. The number of halogens is 3. The summed E-state index contributed by atoms with van der Waals surface area (Å²) in [7, 11) is -4.51. The van der Waals surface area contributed by atoms with Crippen molar-refractivity contribution in [2.24, 2.45) is 5.73 Å². The quantitative estimate of drug-likeness (QED) is 0.104. The highest BCUT2D eigenvalue weighted by Gasteiger charge is 2.37. The molecule has 0 unspecified atom stereocenters.